The van der Waals surface area contributed by atoms with E-state index in [1.165, 1.54) is 0 Å². The van der Waals surface area contributed by atoms with Crippen LogP contribution in [0.25, 0.3) is 0 Å². The van der Waals surface area contributed by atoms with E-state index >= 15 is 0 Å². The first-order chi connectivity index (χ1) is 8.15. The van der Waals surface area contributed by atoms with Gasteiger partial charge in [0.1, 0.15) is 0 Å². The molecule has 1 aliphatic rings. The van der Waals surface area contributed by atoms with Crippen LogP contribution in [0.4, 0.5) is 0 Å². The van der Waals surface area contributed by atoms with Crippen molar-refractivity contribution in [3.05, 3.63) is 30.1 Å². The lowest BCUT2D eigenvalue weighted by Gasteiger charge is -2.30. The van der Waals surface area contributed by atoms with Crippen LogP contribution in [0.15, 0.2) is 24.5 Å². The Kier molecular flexibility index (Phi) is 3.61. The van der Waals surface area contributed by atoms with E-state index in [9.17, 15) is 4.79 Å². The number of likely N-dealkylation sites (tertiary alicyclic amines) is 1. The predicted octanol–water partition coefficient (Wildman–Crippen LogP) is 1.01. The number of aromatic nitrogens is 1. The average molecular weight is 235 g/mol. The number of hydrogen-bond acceptors (Lipinski definition) is 2. The number of hydrogen-bond donors (Lipinski definition) is 1. The number of carbonyl (C=O) groups is 1. The number of pyridine rings is 1. The van der Waals surface area contributed by atoms with Gasteiger partial charge in [0.2, 0.25) is 18.3 Å². The largest absolute Gasteiger partial charge is 0.342 e. The van der Waals surface area contributed by atoms with Crippen LogP contribution in [0.5, 0.6) is 0 Å². The number of piperidine rings is 1. The van der Waals surface area contributed by atoms with Crippen molar-refractivity contribution in [3.63, 3.8) is 0 Å². The summed E-state index contributed by atoms with van der Waals surface area (Å²) < 4.78 is 0.983. The molecule has 2 heterocycles. The number of rotatable bonds is 2. The second-order valence-corrected chi connectivity index (χ2v) is 4.83. The topological polar surface area (TPSA) is 44.4 Å². The molecule has 4 nitrogen and oxygen atoms in total. The van der Waals surface area contributed by atoms with Crippen LogP contribution in [0, 0.1) is 5.92 Å². The standard InChI is InChI=1S/C13H19N2O2/c1-11-2-6-14(7-3-11)13(16)10-12-4-8-15(17)9-5-12/h4-5,8-9,11,17H,2-3,6-7,10H2,1H3/q+1. The Labute approximate surface area is 101 Å². The smallest absolute Gasteiger partial charge is 0.226 e. The van der Waals surface area contributed by atoms with Crippen LogP contribution in [0.3, 0.4) is 0 Å². The van der Waals surface area contributed by atoms with Crippen LogP contribution in [-0.4, -0.2) is 29.1 Å². The molecule has 92 valence electrons. The molecule has 0 radical (unpaired) electrons. The van der Waals surface area contributed by atoms with Gasteiger partial charge in [-0.2, -0.15) is 0 Å². The Balaban J connectivity index is 1.90. The molecule has 0 bridgehead atoms. The van der Waals surface area contributed by atoms with Crippen molar-refractivity contribution >= 4 is 5.91 Å². The lowest BCUT2D eigenvalue weighted by molar-refractivity contribution is -0.904. The van der Waals surface area contributed by atoms with E-state index in [2.05, 4.69) is 6.92 Å². The van der Waals surface area contributed by atoms with Gasteiger partial charge < -0.3 is 4.90 Å². The van der Waals surface area contributed by atoms with E-state index in [1.807, 2.05) is 4.90 Å². The van der Waals surface area contributed by atoms with Gasteiger partial charge in [-0.3, -0.25) is 10.0 Å². The first-order valence-electron chi connectivity index (χ1n) is 6.12. The van der Waals surface area contributed by atoms with Crippen LogP contribution in [0.2, 0.25) is 0 Å². The number of nitrogens with zero attached hydrogens (tertiary/aromatic N) is 2. The molecule has 0 aromatic carbocycles. The zero-order chi connectivity index (χ0) is 12.3. The average Bonchev–Trinajstić information content (AvgIpc) is 2.33. The van der Waals surface area contributed by atoms with Crippen molar-refractivity contribution in [2.24, 2.45) is 5.92 Å². The Morgan fingerprint density at radius 3 is 2.59 bits per heavy atom. The van der Waals surface area contributed by atoms with Crippen LogP contribution in [0.1, 0.15) is 25.3 Å². The van der Waals surface area contributed by atoms with Crippen molar-refractivity contribution in [3.8, 4) is 0 Å². The van der Waals surface area contributed by atoms with E-state index in [1.54, 1.807) is 24.5 Å². The highest BCUT2D eigenvalue weighted by Crippen LogP contribution is 2.16. The minimum atomic E-state index is 0.188. The fourth-order valence-corrected chi connectivity index (χ4v) is 2.11. The second-order valence-electron chi connectivity index (χ2n) is 4.83. The molecule has 1 aromatic rings. The predicted molar refractivity (Wildman–Crippen MR) is 62.5 cm³/mol. The fraction of sp³-hybridized carbons (Fsp3) is 0.538. The lowest BCUT2D eigenvalue weighted by Crippen LogP contribution is -2.39. The molecule has 0 aliphatic carbocycles. The molecular weight excluding hydrogens is 216 g/mol. The summed E-state index contributed by atoms with van der Waals surface area (Å²) in [7, 11) is 0. The highest BCUT2D eigenvalue weighted by atomic mass is 16.5. The van der Waals surface area contributed by atoms with E-state index in [0.717, 1.165) is 42.1 Å². The first-order valence-corrected chi connectivity index (χ1v) is 6.12. The van der Waals surface area contributed by atoms with Gasteiger partial charge in [0.25, 0.3) is 0 Å². The maximum absolute atomic E-state index is 12.0. The van der Waals surface area contributed by atoms with Gasteiger partial charge in [0.15, 0.2) is 0 Å². The van der Waals surface area contributed by atoms with Crippen molar-refractivity contribution in [1.82, 2.24) is 4.90 Å². The minimum absolute atomic E-state index is 0.188. The van der Waals surface area contributed by atoms with E-state index in [4.69, 9.17) is 5.21 Å². The highest BCUT2D eigenvalue weighted by molar-refractivity contribution is 5.78. The SMILES string of the molecule is CC1CCN(C(=O)Cc2cc[n+](O)cc2)CC1. The molecule has 0 spiro atoms. The Morgan fingerprint density at radius 1 is 1.41 bits per heavy atom. The van der Waals surface area contributed by atoms with Crippen molar-refractivity contribution < 1.29 is 14.7 Å². The van der Waals surface area contributed by atoms with Crippen molar-refractivity contribution in [2.75, 3.05) is 13.1 Å². The van der Waals surface area contributed by atoms with Gasteiger partial charge in [-0.1, -0.05) is 6.92 Å². The zero-order valence-corrected chi connectivity index (χ0v) is 10.2. The molecule has 17 heavy (non-hydrogen) atoms. The third-order valence-electron chi connectivity index (χ3n) is 3.37. The maximum Gasteiger partial charge on any atom is 0.226 e. The zero-order valence-electron chi connectivity index (χ0n) is 10.2. The molecule has 1 N–H and O–H groups in total. The fourth-order valence-electron chi connectivity index (χ4n) is 2.11. The molecule has 1 saturated heterocycles. The number of amides is 1. The molecular formula is C13H19N2O2+. The molecule has 1 aliphatic heterocycles. The van der Waals surface area contributed by atoms with E-state index < -0.39 is 0 Å². The molecule has 2 rings (SSSR count). The molecule has 1 aromatic heterocycles. The van der Waals surface area contributed by atoms with E-state index in [0.29, 0.717) is 6.42 Å². The summed E-state index contributed by atoms with van der Waals surface area (Å²) in [5, 5.41) is 9.09. The first kappa shape index (κ1) is 11.9. The molecule has 1 amide bonds. The summed E-state index contributed by atoms with van der Waals surface area (Å²) in [6, 6.07) is 3.54. The molecule has 0 atom stereocenters. The Morgan fingerprint density at radius 2 is 2.00 bits per heavy atom. The summed E-state index contributed by atoms with van der Waals surface area (Å²) >= 11 is 0. The third-order valence-corrected chi connectivity index (χ3v) is 3.37. The van der Waals surface area contributed by atoms with Gasteiger partial charge >= 0.3 is 0 Å². The summed E-state index contributed by atoms with van der Waals surface area (Å²) in [5.74, 6) is 0.928. The summed E-state index contributed by atoms with van der Waals surface area (Å²) in [5.41, 5.74) is 0.943. The monoisotopic (exact) mass is 235 g/mol. The molecule has 1 fully saturated rings. The van der Waals surface area contributed by atoms with Gasteiger partial charge in [-0.25, -0.2) is 0 Å². The molecule has 4 heteroatoms. The van der Waals surface area contributed by atoms with Crippen LogP contribution >= 0.6 is 0 Å². The van der Waals surface area contributed by atoms with Crippen LogP contribution in [-0.2, 0) is 11.2 Å². The highest BCUT2D eigenvalue weighted by Gasteiger charge is 2.20. The molecule has 0 unspecified atom stereocenters. The second kappa shape index (κ2) is 5.17. The lowest BCUT2D eigenvalue weighted by atomic mass is 9.99. The van der Waals surface area contributed by atoms with Crippen molar-refractivity contribution in [2.45, 2.75) is 26.2 Å². The van der Waals surface area contributed by atoms with Gasteiger partial charge in [0, 0.05) is 30.0 Å². The van der Waals surface area contributed by atoms with E-state index in [-0.39, 0.29) is 5.91 Å². The Hall–Kier alpha value is -1.58. The maximum atomic E-state index is 12.0. The summed E-state index contributed by atoms with van der Waals surface area (Å²) in [6.07, 6.45) is 5.73. The Bertz CT molecular complexity index is 381. The van der Waals surface area contributed by atoms with Crippen LogP contribution < -0.4 is 4.73 Å². The van der Waals surface area contributed by atoms with Gasteiger partial charge in [-0.15, -0.1) is 0 Å². The van der Waals surface area contributed by atoms with Gasteiger partial charge in [0.05, 0.1) is 6.42 Å². The quantitative estimate of drug-likeness (QED) is 0.614. The van der Waals surface area contributed by atoms with Crippen molar-refractivity contribution in [1.29, 1.82) is 0 Å². The third kappa shape index (κ3) is 3.19. The number of carbonyl (C=O) groups excluding carboxylic acids is 1. The molecule has 0 saturated carbocycles. The summed E-state index contributed by atoms with van der Waals surface area (Å²) in [4.78, 5) is 14.0. The minimum Gasteiger partial charge on any atom is -0.342 e. The normalized spacial score (nSPS) is 17.1. The van der Waals surface area contributed by atoms with Gasteiger partial charge in [-0.05, 0) is 24.3 Å². The summed E-state index contributed by atoms with van der Waals surface area (Å²) in [6.45, 7) is 4.00.